The second kappa shape index (κ2) is 12.2. The highest BCUT2D eigenvalue weighted by Gasteiger charge is 2.27. The number of para-hydroxylation sites is 1. The smallest absolute Gasteiger partial charge is 0.338 e. The minimum atomic E-state index is -0.657. The minimum absolute atomic E-state index is 0.310. The molecule has 0 aromatic heterocycles. The average Bonchev–Trinajstić information content (AvgIpc) is 2.92. The number of allylic oxidation sites excluding steroid dienone is 1. The van der Waals surface area contributed by atoms with Gasteiger partial charge in [-0.3, -0.25) is 4.79 Å². The van der Waals surface area contributed by atoms with Crippen molar-refractivity contribution >= 4 is 23.1 Å². The maximum atomic E-state index is 13.0. The number of carbonyl (C=O) groups excluding carboxylic acids is 2. The molecule has 0 saturated carbocycles. The van der Waals surface area contributed by atoms with Crippen LogP contribution in [-0.4, -0.2) is 31.6 Å². The predicted octanol–water partition coefficient (Wildman–Crippen LogP) is 5.75. The van der Waals surface area contributed by atoms with Crippen molar-refractivity contribution in [3.05, 3.63) is 107 Å². The molecule has 2 N–H and O–H groups in total. The van der Waals surface area contributed by atoms with Crippen LogP contribution in [0.4, 0.5) is 5.69 Å². The SMILES string of the molecule is CCOC(=O)c1ccc(C(C(N)=O)/C(=C\Cc2ccccc2)c2ccccc2N2CCCCC2)cc1. The molecule has 186 valence electrons. The van der Waals surface area contributed by atoms with Gasteiger partial charge in [0.15, 0.2) is 0 Å². The van der Waals surface area contributed by atoms with E-state index in [1.54, 1.807) is 19.1 Å². The maximum absolute atomic E-state index is 13.0. The Hall–Kier alpha value is -3.86. The summed E-state index contributed by atoms with van der Waals surface area (Å²) in [6.45, 7) is 4.08. The number of ether oxygens (including phenoxy) is 1. The van der Waals surface area contributed by atoms with Gasteiger partial charge in [-0.05, 0) is 67.5 Å². The third-order valence-electron chi connectivity index (χ3n) is 6.66. The van der Waals surface area contributed by atoms with Crippen molar-refractivity contribution in [2.75, 3.05) is 24.6 Å². The largest absolute Gasteiger partial charge is 0.462 e. The van der Waals surface area contributed by atoms with E-state index in [-0.39, 0.29) is 5.97 Å². The molecular weight excluding hydrogens is 448 g/mol. The zero-order valence-corrected chi connectivity index (χ0v) is 20.9. The highest BCUT2D eigenvalue weighted by molar-refractivity contribution is 5.99. The summed E-state index contributed by atoms with van der Waals surface area (Å²) in [6, 6.07) is 25.5. The van der Waals surface area contributed by atoms with E-state index in [1.807, 2.05) is 36.4 Å². The van der Waals surface area contributed by atoms with Crippen LogP contribution in [0.25, 0.3) is 5.57 Å². The fraction of sp³-hybridized carbons (Fsp3) is 0.290. The summed E-state index contributed by atoms with van der Waals surface area (Å²) in [5.74, 6) is -1.46. The zero-order chi connectivity index (χ0) is 25.3. The van der Waals surface area contributed by atoms with Crippen LogP contribution < -0.4 is 10.6 Å². The molecule has 4 rings (SSSR count). The molecule has 1 amide bonds. The number of rotatable bonds is 9. The van der Waals surface area contributed by atoms with Gasteiger partial charge in [0.1, 0.15) is 0 Å². The minimum Gasteiger partial charge on any atom is -0.462 e. The van der Waals surface area contributed by atoms with Gasteiger partial charge in [0.2, 0.25) is 5.91 Å². The van der Waals surface area contributed by atoms with Crippen LogP contribution in [0.1, 0.15) is 59.2 Å². The summed E-state index contributed by atoms with van der Waals surface area (Å²) < 4.78 is 5.12. The van der Waals surface area contributed by atoms with Crippen LogP contribution in [0.15, 0.2) is 84.9 Å². The molecule has 0 aliphatic carbocycles. The lowest BCUT2D eigenvalue weighted by molar-refractivity contribution is -0.118. The zero-order valence-electron chi connectivity index (χ0n) is 20.9. The first-order chi connectivity index (χ1) is 17.6. The fourth-order valence-corrected chi connectivity index (χ4v) is 4.88. The van der Waals surface area contributed by atoms with Crippen LogP contribution in [0.3, 0.4) is 0 Å². The van der Waals surface area contributed by atoms with Crippen LogP contribution in [0, 0.1) is 0 Å². The predicted molar refractivity (Wildman–Crippen MR) is 145 cm³/mol. The van der Waals surface area contributed by atoms with Crippen molar-refractivity contribution in [2.45, 2.75) is 38.5 Å². The molecule has 5 heteroatoms. The van der Waals surface area contributed by atoms with E-state index >= 15 is 0 Å². The van der Waals surface area contributed by atoms with E-state index in [0.717, 1.165) is 53.9 Å². The molecule has 0 spiro atoms. The molecule has 1 aliphatic rings. The van der Waals surface area contributed by atoms with Gasteiger partial charge < -0.3 is 15.4 Å². The molecule has 1 atom stereocenters. The van der Waals surface area contributed by atoms with Gasteiger partial charge in [-0.25, -0.2) is 4.79 Å². The van der Waals surface area contributed by atoms with Gasteiger partial charge in [-0.15, -0.1) is 0 Å². The van der Waals surface area contributed by atoms with Gasteiger partial charge in [0, 0.05) is 24.3 Å². The lowest BCUT2D eigenvalue weighted by Gasteiger charge is -2.32. The number of amides is 1. The molecule has 0 bridgehead atoms. The molecule has 3 aromatic carbocycles. The number of esters is 1. The number of hydrogen-bond acceptors (Lipinski definition) is 4. The van der Waals surface area contributed by atoms with E-state index in [0.29, 0.717) is 18.6 Å². The van der Waals surface area contributed by atoms with Gasteiger partial charge in [-0.2, -0.15) is 0 Å². The lowest BCUT2D eigenvalue weighted by Crippen LogP contribution is -2.31. The lowest BCUT2D eigenvalue weighted by atomic mass is 9.83. The van der Waals surface area contributed by atoms with Crippen molar-refractivity contribution in [3.8, 4) is 0 Å². The second-order valence-corrected chi connectivity index (χ2v) is 9.09. The summed E-state index contributed by atoms with van der Waals surface area (Å²) in [5, 5.41) is 0. The Kier molecular flexibility index (Phi) is 8.56. The van der Waals surface area contributed by atoms with Crippen molar-refractivity contribution in [3.63, 3.8) is 0 Å². The summed E-state index contributed by atoms with van der Waals surface area (Å²) in [7, 11) is 0. The fourth-order valence-electron chi connectivity index (χ4n) is 4.88. The van der Waals surface area contributed by atoms with Crippen LogP contribution in [0.2, 0.25) is 0 Å². The van der Waals surface area contributed by atoms with Gasteiger partial charge in [0.25, 0.3) is 0 Å². The maximum Gasteiger partial charge on any atom is 0.338 e. The molecular formula is C31H34N2O3. The Morgan fingerprint density at radius 1 is 0.917 bits per heavy atom. The normalized spacial score (nSPS) is 14.8. The molecule has 1 heterocycles. The number of primary amides is 1. The first kappa shape index (κ1) is 25.2. The molecule has 1 saturated heterocycles. The van der Waals surface area contributed by atoms with Crippen molar-refractivity contribution in [1.29, 1.82) is 0 Å². The van der Waals surface area contributed by atoms with E-state index in [9.17, 15) is 9.59 Å². The molecule has 1 aliphatic heterocycles. The molecule has 0 radical (unpaired) electrons. The number of piperidine rings is 1. The number of hydrogen-bond donors (Lipinski definition) is 1. The van der Waals surface area contributed by atoms with Crippen molar-refractivity contribution < 1.29 is 14.3 Å². The van der Waals surface area contributed by atoms with Crippen LogP contribution >= 0.6 is 0 Å². The first-order valence-corrected chi connectivity index (χ1v) is 12.7. The molecule has 5 nitrogen and oxygen atoms in total. The average molecular weight is 483 g/mol. The Bertz CT molecular complexity index is 1200. The third kappa shape index (κ3) is 6.03. The molecule has 3 aromatic rings. The van der Waals surface area contributed by atoms with Crippen LogP contribution in [0.5, 0.6) is 0 Å². The van der Waals surface area contributed by atoms with E-state index in [1.165, 1.54) is 6.42 Å². The molecule has 36 heavy (non-hydrogen) atoms. The highest BCUT2D eigenvalue weighted by atomic mass is 16.5. The first-order valence-electron chi connectivity index (χ1n) is 12.7. The standard InChI is InChI=1S/C31H34N2O3/c1-2-36-31(35)25-18-16-24(17-19-25)29(30(32)34)27(20-15-23-11-5-3-6-12-23)26-13-7-8-14-28(26)33-21-9-4-10-22-33/h3,5-8,11-14,16-20,29H,2,4,9-10,15,21-22H2,1H3,(H2,32,34)/b27-20-. The summed E-state index contributed by atoms with van der Waals surface area (Å²) in [5.41, 5.74) is 11.5. The number of nitrogens with two attached hydrogens (primary N) is 1. The van der Waals surface area contributed by atoms with Crippen molar-refractivity contribution in [2.24, 2.45) is 5.73 Å². The summed E-state index contributed by atoms with van der Waals surface area (Å²) in [6.07, 6.45) is 6.37. The number of carbonyl (C=O) groups is 2. The topological polar surface area (TPSA) is 72.6 Å². The monoisotopic (exact) mass is 482 g/mol. The quantitative estimate of drug-likeness (QED) is 0.394. The Morgan fingerprint density at radius 3 is 2.25 bits per heavy atom. The van der Waals surface area contributed by atoms with Gasteiger partial charge in [0.05, 0.1) is 18.1 Å². The van der Waals surface area contributed by atoms with E-state index < -0.39 is 11.8 Å². The van der Waals surface area contributed by atoms with Gasteiger partial charge >= 0.3 is 5.97 Å². The molecule has 1 unspecified atom stereocenters. The van der Waals surface area contributed by atoms with Gasteiger partial charge in [-0.1, -0.05) is 66.7 Å². The Balaban J connectivity index is 1.79. The third-order valence-corrected chi connectivity index (χ3v) is 6.66. The van der Waals surface area contributed by atoms with E-state index in [4.69, 9.17) is 10.5 Å². The number of benzene rings is 3. The number of nitrogens with zero attached hydrogens (tertiary/aromatic N) is 1. The van der Waals surface area contributed by atoms with Crippen molar-refractivity contribution in [1.82, 2.24) is 0 Å². The number of anilines is 1. The molecule has 1 fully saturated rings. The van der Waals surface area contributed by atoms with E-state index in [2.05, 4.69) is 41.3 Å². The van der Waals surface area contributed by atoms with Crippen LogP contribution in [-0.2, 0) is 16.0 Å². The second-order valence-electron chi connectivity index (χ2n) is 9.09. The Labute approximate surface area is 213 Å². The highest BCUT2D eigenvalue weighted by Crippen LogP contribution is 2.38. The summed E-state index contributed by atoms with van der Waals surface area (Å²) >= 11 is 0. The Morgan fingerprint density at radius 2 is 1.58 bits per heavy atom. The summed E-state index contributed by atoms with van der Waals surface area (Å²) in [4.78, 5) is 27.6.